The van der Waals surface area contributed by atoms with Gasteiger partial charge in [0.15, 0.2) is 0 Å². The van der Waals surface area contributed by atoms with Crippen LogP contribution in [0.25, 0.3) is 0 Å². The van der Waals surface area contributed by atoms with Gasteiger partial charge in [-0.2, -0.15) is 0 Å². The van der Waals surface area contributed by atoms with Crippen LogP contribution in [-0.2, 0) is 4.74 Å². The van der Waals surface area contributed by atoms with Crippen molar-refractivity contribution in [2.75, 3.05) is 33.8 Å². The summed E-state index contributed by atoms with van der Waals surface area (Å²) in [6, 6.07) is 0.730. The summed E-state index contributed by atoms with van der Waals surface area (Å²) in [5.74, 6) is 0. The molecule has 1 aliphatic heterocycles. The number of nitrogens with one attached hydrogen (secondary N) is 1. The molecule has 0 amide bonds. The SMILES string of the molecule is COC1CCC(NCC2(C)CCN(C)CC2)CC1. The minimum Gasteiger partial charge on any atom is -0.381 e. The molecule has 2 fully saturated rings. The van der Waals surface area contributed by atoms with Gasteiger partial charge in [-0.15, -0.1) is 0 Å². The number of hydrogen-bond donors (Lipinski definition) is 1. The van der Waals surface area contributed by atoms with Gasteiger partial charge in [-0.25, -0.2) is 0 Å². The highest BCUT2D eigenvalue weighted by Crippen LogP contribution is 2.30. The Bertz CT molecular complexity index is 241. The number of likely N-dealkylation sites (tertiary alicyclic amines) is 1. The molecule has 1 N–H and O–H groups in total. The first kappa shape index (κ1) is 14.3. The predicted octanol–water partition coefficient (Wildman–Crippen LogP) is 2.27. The summed E-state index contributed by atoms with van der Waals surface area (Å²) >= 11 is 0. The van der Waals surface area contributed by atoms with Crippen LogP contribution in [0.3, 0.4) is 0 Å². The molecule has 1 saturated heterocycles. The van der Waals surface area contributed by atoms with Crippen molar-refractivity contribution in [2.45, 2.75) is 57.6 Å². The standard InChI is InChI=1S/C15H30N2O/c1-15(8-10-17(2)11-9-15)12-16-13-4-6-14(18-3)7-5-13/h13-14,16H,4-12H2,1-3H3. The lowest BCUT2D eigenvalue weighted by Gasteiger charge is -2.39. The van der Waals surface area contributed by atoms with Crippen molar-refractivity contribution in [3.8, 4) is 0 Å². The van der Waals surface area contributed by atoms with E-state index in [0.717, 1.165) is 6.04 Å². The van der Waals surface area contributed by atoms with Crippen LogP contribution in [0.2, 0.25) is 0 Å². The van der Waals surface area contributed by atoms with Crippen LogP contribution in [0.4, 0.5) is 0 Å². The molecule has 106 valence electrons. The molecule has 0 aromatic rings. The minimum atomic E-state index is 0.516. The van der Waals surface area contributed by atoms with Crippen LogP contribution < -0.4 is 5.32 Å². The first-order valence-electron chi connectivity index (χ1n) is 7.56. The molecular weight excluding hydrogens is 224 g/mol. The van der Waals surface area contributed by atoms with Gasteiger partial charge >= 0.3 is 0 Å². The number of nitrogens with zero attached hydrogens (tertiary/aromatic N) is 1. The highest BCUT2D eigenvalue weighted by Gasteiger charge is 2.30. The minimum absolute atomic E-state index is 0.516. The number of hydrogen-bond acceptors (Lipinski definition) is 3. The molecule has 0 unspecified atom stereocenters. The normalized spacial score (nSPS) is 33.5. The molecule has 2 aliphatic rings. The first-order valence-corrected chi connectivity index (χ1v) is 7.56. The van der Waals surface area contributed by atoms with Gasteiger partial charge in [0.1, 0.15) is 0 Å². The van der Waals surface area contributed by atoms with Crippen molar-refractivity contribution < 1.29 is 4.74 Å². The van der Waals surface area contributed by atoms with E-state index in [1.54, 1.807) is 0 Å². The maximum Gasteiger partial charge on any atom is 0.0572 e. The molecule has 0 atom stereocenters. The number of piperidine rings is 1. The van der Waals surface area contributed by atoms with E-state index in [9.17, 15) is 0 Å². The number of ether oxygens (including phenoxy) is 1. The van der Waals surface area contributed by atoms with Crippen LogP contribution in [0, 0.1) is 5.41 Å². The lowest BCUT2D eigenvalue weighted by Crippen LogP contribution is -2.45. The van der Waals surface area contributed by atoms with E-state index in [4.69, 9.17) is 4.74 Å². The Labute approximate surface area is 112 Å². The fraction of sp³-hybridized carbons (Fsp3) is 1.00. The molecule has 1 aliphatic carbocycles. The van der Waals surface area contributed by atoms with Gasteiger partial charge in [0.25, 0.3) is 0 Å². The summed E-state index contributed by atoms with van der Waals surface area (Å²) in [5.41, 5.74) is 0.518. The Morgan fingerprint density at radius 3 is 2.33 bits per heavy atom. The summed E-state index contributed by atoms with van der Waals surface area (Å²) in [7, 11) is 4.08. The summed E-state index contributed by atoms with van der Waals surface area (Å²) in [6.45, 7) is 6.17. The van der Waals surface area contributed by atoms with Crippen LogP contribution >= 0.6 is 0 Å². The van der Waals surface area contributed by atoms with Gasteiger partial charge in [-0.1, -0.05) is 6.92 Å². The van der Waals surface area contributed by atoms with Crippen molar-refractivity contribution in [1.82, 2.24) is 10.2 Å². The quantitative estimate of drug-likeness (QED) is 0.833. The molecule has 1 heterocycles. The Kier molecular flexibility index (Phi) is 5.05. The molecule has 0 aromatic heterocycles. The maximum atomic E-state index is 5.43. The maximum absolute atomic E-state index is 5.43. The van der Waals surface area contributed by atoms with Crippen LogP contribution in [0.5, 0.6) is 0 Å². The summed E-state index contributed by atoms with van der Waals surface area (Å²) in [6.07, 6.45) is 8.22. The zero-order valence-corrected chi connectivity index (χ0v) is 12.4. The fourth-order valence-electron chi connectivity index (χ4n) is 3.23. The van der Waals surface area contributed by atoms with E-state index in [2.05, 4.69) is 24.2 Å². The van der Waals surface area contributed by atoms with Gasteiger partial charge in [0.2, 0.25) is 0 Å². The van der Waals surface area contributed by atoms with Crippen molar-refractivity contribution in [3.05, 3.63) is 0 Å². The van der Waals surface area contributed by atoms with E-state index >= 15 is 0 Å². The zero-order chi connectivity index (χ0) is 13.0. The first-order chi connectivity index (χ1) is 8.61. The molecular formula is C15H30N2O. The van der Waals surface area contributed by atoms with Crippen molar-refractivity contribution in [2.24, 2.45) is 5.41 Å². The zero-order valence-electron chi connectivity index (χ0n) is 12.4. The van der Waals surface area contributed by atoms with Gasteiger partial charge in [0, 0.05) is 19.7 Å². The summed E-state index contributed by atoms with van der Waals surface area (Å²) in [4.78, 5) is 2.45. The second kappa shape index (κ2) is 6.36. The van der Waals surface area contributed by atoms with Crippen LogP contribution in [0.1, 0.15) is 45.4 Å². The van der Waals surface area contributed by atoms with Gasteiger partial charge in [0.05, 0.1) is 6.10 Å². The number of methoxy groups -OCH3 is 1. The smallest absolute Gasteiger partial charge is 0.0572 e. The molecule has 1 saturated carbocycles. The third kappa shape index (κ3) is 3.94. The molecule has 0 spiro atoms. The van der Waals surface area contributed by atoms with E-state index in [-0.39, 0.29) is 0 Å². The number of rotatable bonds is 4. The molecule has 3 nitrogen and oxygen atoms in total. The molecule has 0 aromatic carbocycles. The Morgan fingerprint density at radius 1 is 1.17 bits per heavy atom. The molecule has 0 radical (unpaired) electrons. The van der Waals surface area contributed by atoms with Crippen molar-refractivity contribution >= 4 is 0 Å². The Balaban J connectivity index is 1.68. The highest BCUT2D eigenvalue weighted by atomic mass is 16.5. The van der Waals surface area contributed by atoms with Crippen molar-refractivity contribution in [3.63, 3.8) is 0 Å². The van der Waals surface area contributed by atoms with E-state index in [1.807, 2.05) is 7.11 Å². The summed E-state index contributed by atoms with van der Waals surface area (Å²) < 4.78 is 5.43. The van der Waals surface area contributed by atoms with Gasteiger partial charge < -0.3 is 15.0 Å². The lowest BCUT2D eigenvalue weighted by atomic mass is 9.80. The summed E-state index contributed by atoms with van der Waals surface area (Å²) in [5, 5.41) is 3.82. The third-order valence-electron chi connectivity index (χ3n) is 5.02. The van der Waals surface area contributed by atoms with Gasteiger partial charge in [-0.3, -0.25) is 0 Å². The monoisotopic (exact) mass is 254 g/mol. The molecule has 18 heavy (non-hydrogen) atoms. The molecule has 2 rings (SSSR count). The second-order valence-corrected chi connectivity index (χ2v) is 6.70. The molecule has 0 bridgehead atoms. The van der Waals surface area contributed by atoms with E-state index in [1.165, 1.54) is 58.2 Å². The average molecular weight is 254 g/mol. The van der Waals surface area contributed by atoms with E-state index < -0.39 is 0 Å². The third-order valence-corrected chi connectivity index (χ3v) is 5.02. The molecule has 3 heteroatoms. The lowest BCUT2D eigenvalue weighted by molar-refractivity contribution is 0.0590. The van der Waals surface area contributed by atoms with Crippen LogP contribution in [0.15, 0.2) is 0 Å². The van der Waals surface area contributed by atoms with Crippen LogP contribution in [-0.4, -0.2) is 50.8 Å². The fourth-order valence-corrected chi connectivity index (χ4v) is 3.23. The predicted molar refractivity (Wildman–Crippen MR) is 75.9 cm³/mol. The highest BCUT2D eigenvalue weighted by molar-refractivity contribution is 4.86. The Hall–Kier alpha value is -0.120. The topological polar surface area (TPSA) is 24.5 Å². The van der Waals surface area contributed by atoms with E-state index in [0.29, 0.717) is 11.5 Å². The Morgan fingerprint density at radius 2 is 1.78 bits per heavy atom. The second-order valence-electron chi connectivity index (χ2n) is 6.70. The largest absolute Gasteiger partial charge is 0.381 e. The van der Waals surface area contributed by atoms with Crippen molar-refractivity contribution in [1.29, 1.82) is 0 Å². The van der Waals surface area contributed by atoms with Gasteiger partial charge in [-0.05, 0) is 64.1 Å². The average Bonchev–Trinajstić information content (AvgIpc) is 2.41.